The largest absolute Gasteiger partial charge is 0.493 e. The molecule has 0 N–H and O–H groups in total. The third kappa shape index (κ3) is 9.12. The van der Waals surface area contributed by atoms with Crippen LogP contribution in [0.15, 0.2) is 71.7 Å². The second kappa shape index (κ2) is 17.3. The first-order chi connectivity index (χ1) is 24.0. The molecule has 0 aromatic heterocycles. The van der Waals surface area contributed by atoms with Gasteiger partial charge in [0.05, 0.1) is 23.8 Å². The van der Waals surface area contributed by atoms with E-state index in [1.165, 1.54) is 6.07 Å². The summed E-state index contributed by atoms with van der Waals surface area (Å²) in [6.07, 6.45) is -1.24. The van der Waals surface area contributed by atoms with Crippen molar-refractivity contribution in [1.29, 1.82) is 0 Å². The van der Waals surface area contributed by atoms with Gasteiger partial charge in [-0.3, -0.25) is 14.8 Å². The Hall–Kier alpha value is -3.31. The maximum Gasteiger partial charge on any atom is 0.416 e. The van der Waals surface area contributed by atoms with E-state index in [9.17, 15) is 18.0 Å². The lowest BCUT2D eigenvalue weighted by molar-refractivity contribution is -0.137. The van der Waals surface area contributed by atoms with Gasteiger partial charge in [0.15, 0.2) is 0 Å². The van der Waals surface area contributed by atoms with Gasteiger partial charge in [-0.25, -0.2) is 4.79 Å². The van der Waals surface area contributed by atoms with Crippen LogP contribution in [0, 0.1) is 0 Å². The topological polar surface area (TPSA) is 51.6 Å². The minimum Gasteiger partial charge on any atom is -0.493 e. The van der Waals surface area contributed by atoms with Gasteiger partial charge < -0.3 is 14.5 Å². The molecule has 0 radical (unpaired) electrons. The molecule has 0 bridgehead atoms. The Kier molecular flexibility index (Phi) is 13.1. The van der Waals surface area contributed by atoms with Gasteiger partial charge in [-0.05, 0) is 106 Å². The molecule has 50 heavy (non-hydrogen) atoms. The van der Waals surface area contributed by atoms with Crippen molar-refractivity contribution in [3.63, 3.8) is 0 Å². The van der Waals surface area contributed by atoms with Gasteiger partial charge in [0, 0.05) is 36.2 Å². The van der Waals surface area contributed by atoms with Gasteiger partial charge in [-0.2, -0.15) is 13.2 Å². The SMILES string of the molecule is CCCN(CCC)CCCN1CCN(C(=O)N2C(c3ccc(C(F)(F)F)cc3OCC)=NC(c3ccc(Cl)cc3)C2c2ccc(Cl)cc2)CC1. The van der Waals surface area contributed by atoms with Crippen LogP contribution in [0.5, 0.6) is 5.75 Å². The van der Waals surface area contributed by atoms with Crippen LogP contribution in [-0.4, -0.2) is 90.4 Å². The number of urea groups is 1. The summed E-state index contributed by atoms with van der Waals surface area (Å²) in [6.45, 7) is 13.0. The lowest BCUT2D eigenvalue weighted by Gasteiger charge is -2.39. The highest BCUT2D eigenvalue weighted by molar-refractivity contribution is 6.30. The maximum absolute atomic E-state index is 14.8. The Morgan fingerprint density at radius 3 is 2.02 bits per heavy atom. The first-order valence-corrected chi connectivity index (χ1v) is 18.3. The zero-order valence-electron chi connectivity index (χ0n) is 28.9. The molecule has 1 fully saturated rings. The van der Waals surface area contributed by atoms with Gasteiger partial charge in [-0.1, -0.05) is 61.3 Å². The van der Waals surface area contributed by atoms with Crippen LogP contribution in [-0.2, 0) is 6.18 Å². The van der Waals surface area contributed by atoms with Crippen molar-refractivity contribution in [2.24, 2.45) is 4.99 Å². The van der Waals surface area contributed by atoms with Gasteiger partial charge >= 0.3 is 12.2 Å². The van der Waals surface area contributed by atoms with E-state index in [2.05, 4.69) is 23.6 Å². The van der Waals surface area contributed by atoms with E-state index in [0.717, 1.165) is 81.8 Å². The van der Waals surface area contributed by atoms with Crippen LogP contribution >= 0.6 is 23.2 Å². The third-order valence-electron chi connectivity index (χ3n) is 9.22. The molecule has 2 heterocycles. The second-order valence-electron chi connectivity index (χ2n) is 12.8. The molecule has 2 aliphatic heterocycles. The predicted octanol–water partition coefficient (Wildman–Crippen LogP) is 9.21. The number of carbonyl (C=O) groups is 1. The number of piperazine rings is 1. The highest BCUT2D eigenvalue weighted by Gasteiger charge is 2.45. The number of benzene rings is 3. The average Bonchev–Trinajstić information content (AvgIpc) is 3.49. The molecule has 2 atom stereocenters. The summed E-state index contributed by atoms with van der Waals surface area (Å²) in [5.41, 5.74) is 1.06. The van der Waals surface area contributed by atoms with E-state index >= 15 is 0 Å². The average molecular weight is 733 g/mol. The quantitative estimate of drug-likeness (QED) is 0.176. The Morgan fingerprint density at radius 1 is 0.860 bits per heavy atom. The highest BCUT2D eigenvalue weighted by atomic mass is 35.5. The molecule has 3 aromatic rings. The molecule has 0 spiro atoms. The number of nitrogens with zero attached hydrogens (tertiary/aromatic N) is 5. The zero-order chi connectivity index (χ0) is 35.8. The van der Waals surface area contributed by atoms with Crippen molar-refractivity contribution < 1.29 is 22.7 Å². The van der Waals surface area contributed by atoms with E-state index in [4.69, 9.17) is 32.9 Å². The molecule has 2 aliphatic rings. The fourth-order valence-electron chi connectivity index (χ4n) is 6.81. The summed E-state index contributed by atoms with van der Waals surface area (Å²) < 4.78 is 47.3. The van der Waals surface area contributed by atoms with E-state index in [1.54, 1.807) is 36.1 Å². The number of amides is 2. The maximum atomic E-state index is 14.8. The molecule has 0 saturated carbocycles. The van der Waals surface area contributed by atoms with Gasteiger partial charge in [-0.15, -0.1) is 0 Å². The fraction of sp³-hybridized carbons (Fsp3) is 0.474. The molecule has 2 unspecified atom stereocenters. The normalized spacial score (nSPS) is 18.5. The fourth-order valence-corrected chi connectivity index (χ4v) is 7.07. The smallest absolute Gasteiger partial charge is 0.416 e. The van der Waals surface area contributed by atoms with Crippen molar-refractivity contribution in [3.8, 4) is 5.75 Å². The molecule has 1 saturated heterocycles. The Morgan fingerprint density at radius 2 is 1.46 bits per heavy atom. The van der Waals surface area contributed by atoms with Crippen LogP contribution in [0.2, 0.25) is 10.0 Å². The molecule has 5 rings (SSSR count). The van der Waals surface area contributed by atoms with Gasteiger partial charge in [0.25, 0.3) is 0 Å². The van der Waals surface area contributed by atoms with Crippen molar-refractivity contribution in [3.05, 3.63) is 99.0 Å². The van der Waals surface area contributed by atoms with E-state index in [0.29, 0.717) is 28.7 Å². The first kappa shape index (κ1) is 37.9. The van der Waals surface area contributed by atoms with Gasteiger partial charge in [0.1, 0.15) is 17.6 Å². The first-order valence-electron chi connectivity index (χ1n) is 17.5. The lowest BCUT2D eigenvalue weighted by atomic mass is 9.93. The molecular formula is C38H46Cl2F3N5O2. The number of ether oxygens (including phenoxy) is 1. The number of alkyl halides is 3. The van der Waals surface area contributed by atoms with Crippen LogP contribution in [0.1, 0.15) is 74.4 Å². The standard InChI is InChI=1S/C38H46Cl2F3N5O2/c1-4-18-45(19-5-2)20-7-21-46-22-24-47(25-23-46)37(49)48-35(28-10-15-31(40)16-11-28)34(27-8-13-30(39)14-9-27)44-36(48)32-17-12-29(38(41,42)43)26-33(32)50-6-3/h8-17,26,34-35H,4-7,18-25H2,1-3H3. The summed E-state index contributed by atoms with van der Waals surface area (Å²) >= 11 is 12.5. The molecule has 270 valence electrons. The summed E-state index contributed by atoms with van der Waals surface area (Å²) in [4.78, 5) is 28.3. The van der Waals surface area contributed by atoms with Crippen LogP contribution in [0.4, 0.5) is 18.0 Å². The molecule has 2 amide bonds. The highest BCUT2D eigenvalue weighted by Crippen LogP contribution is 2.46. The Bertz CT molecular complexity index is 1590. The molecule has 0 aliphatic carbocycles. The summed E-state index contributed by atoms with van der Waals surface area (Å²) in [5, 5.41) is 1.09. The number of amidine groups is 1. The molecule has 3 aromatic carbocycles. The third-order valence-corrected chi connectivity index (χ3v) is 9.72. The number of hydrogen-bond acceptors (Lipinski definition) is 5. The van der Waals surface area contributed by atoms with E-state index in [1.807, 2.05) is 29.2 Å². The summed E-state index contributed by atoms with van der Waals surface area (Å²) in [5.74, 6) is 0.261. The van der Waals surface area contributed by atoms with E-state index in [-0.39, 0.29) is 24.2 Å². The number of hydrogen-bond donors (Lipinski definition) is 0. The number of rotatable bonds is 13. The van der Waals surface area contributed by atoms with Crippen LogP contribution in [0.3, 0.4) is 0 Å². The van der Waals surface area contributed by atoms with E-state index < -0.39 is 23.8 Å². The van der Waals surface area contributed by atoms with Crippen molar-refractivity contribution in [2.45, 2.75) is 58.3 Å². The predicted molar refractivity (Wildman–Crippen MR) is 194 cm³/mol. The number of aliphatic imine (C=N–C) groups is 1. The Balaban J connectivity index is 1.49. The van der Waals surface area contributed by atoms with Crippen LogP contribution < -0.4 is 4.74 Å². The van der Waals surface area contributed by atoms with Crippen LogP contribution in [0.25, 0.3) is 0 Å². The minimum atomic E-state index is -4.57. The zero-order valence-corrected chi connectivity index (χ0v) is 30.4. The number of halogens is 5. The summed E-state index contributed by atoms with van der Waals surface area (Å²) in [7, 11) is 0. The van der Waals surface area contributed by atoms with Crippen molar-refractivity contribution >= 4 is 35.1 Å². The van der Waals surface area contributed by atoms with Crippen molar-refractivity contribution in [1.82, 2.24) is 19.6 Å². The molecule has 12 heteroatoms. The Labute approximate surface area is 303 Å². The lowest BCUT2D eigenvalue weighted by Crippen LogP contribution is -2.54. The molecule has 7 nitrogen and oxygen atoms in total. The summed E-state index contributed by atoms with van der Waals surface area (Å²) in [6, 6.07) is 16.4. The minimum absolute atomic E-state index is 0.00972. The van der Waals surface area contributed by atoms with Crippen molar-refractivity contribution in [2.75, 3.05) is 59.0 Å². The molecular weight excluding hydrogens is 686 g/mol. The number of carbonyl (C=O) groups excluding carboxylic acids is 1. The van der Waals surface area contributed by atoms with Gasteiger partial charge in [0.2, 0.25) is 0 Å². The second-order valence-corrected chi connectivity index (χ2v) is 13.6. The monoisotopic (exact) mass is 731 g/mol.